The van der Waals surface area contributed by atoms with Gasteiger partial charge in [-0.25, -0.2) is 4.79 Å². The number of halogens is 1. The molecule has 0 radical (unpaired) electrons. The molecule has 4 nitrogen and oxygen atoms in total. The summed E-state index contributed by atoms with van der Waals surface area (Å²) in [6, 6.07) is 6.34. The molecule has 3 rings (SSSR count). The van der Waals surface area contributed by atoms with Crippen LogP contribution in [0.1, 0.15) is 26.3 Å². The van der Waals surface area contributed by atoms with Crippen molar-refractivity contribution >= 4 is 32.9 Å². The van der Waals surface area contributed by atoms with Gasteiger partial charge in [-0.3, -0.25) is 0 Å². The minimum absolute atomic E-state index is 0.0530. The van der Waals surface area contributed by atoms with Crippen molar-refractivity contribution in [3.05, 3.63) is 34.4 Å². The molecule has 0 spiro atoms. The number of ether oxygens (including phenoxy) is 1. The molecule has 1 aromatic carbocycles. The van der Waals surface area contributed by atoms with E-state index in [0.717, 1.165) is 17.4 Å². The highest BCUT2D eigenvalue weighted by molar-refractivity contribution is 9.10. The van der Waals surface area contributed by atoms with Crippen molar-refractivity contribution in [3.8, 4) is 0 Å². The number of nitrogens with one attached hydrogen (secondary N) is 1. The first-order valence-corrected chi connectivity index (χ1v) is 7.88. The van der Waals surface area contributed by atoms with Gasteiger partial charge in [-0.2, -0.15) is 0 Å². The third-order valence-electron chi connectivity index (χ3n) is 3.54. The van der Waals surface area contributed by atoms with Crippen LogP contribution < -0.4 is 5.32 Å². The fourth-order valence-corrected chi connectivity index (χ4v) is 3.41. The topological polar surface area (TPSA) is 43.3 Å². The third-order valence-corrected chi connectivity index (χ3v) is 4.17. The predicted octanol–water partition coefficient (Wildman–Crippen LogP) is 3.85. The molecule has 0 saturated carbocycles. The normalized spacial score (nSPS) is 17.8. The third kappa shape index (κ3) is 2.93. The number of carbonyl (C=O) groups is 1. The van der Waals surface area contributed by atoms with E-state index >= 15 is 0 Å². The van der Waals surface area contributed by atoms with E-state index in [9.17, 15) is 4.79 Å². The summed E-state index contributed by atoms with van der Waals surface area (Å²) < 4.78 is 8.63. The van der Waals surface area contributed by atoms with Gasteiger partial charge in [0.05, 0.1) is 11.6 Å². The molecule has 0 unspecified atom stereocenters. The average molecular weight is 351 g/mol. The molecule has 5 heteroatoms. The van der Waals surface area contributed by atoms with Crippen LogP contribution in [0.15, 0.2) is 28.9 Å². The van der Waals surface area contributed by atoms with E-state index in [2.05, 4.69) is 50.2 Å². The molecule has 1 aliphatic rings. The van der Waals surface area contributed by atoms with E-state index in [-0.39, 0.29) is 12.1 Å². The molecule has 0 fully saturated rings. The van der Waals surface area contributed by atoms with Gasteiger partial charge in [-0.15, -0.1) is 0 Å². The SMILES string of the molecule is CC(C)(C)OC(=O)N[C@H]1Cc2cccc3c(Br)cn(c23)C1. The molecule has 1 N–H and O–H groups in total. The summed E-state index contributed by atoms with van der Waals surface area (Å²) in [5.41, 5.74) is 2.04. The molecular weight excluding hydrogens is 332 g/mol. The molecular formula is C16H19BrN2O2. The molecule has 0 bridgehead atoms. The van der Waals surface area contributed by atoms with E-state index in [1.807, 2.05) is 20.8 Å². The first-order chi connectivity index (χ1) is 9.83. The van der Waals surface area contributed by atoms with Crippen LogP contribution >= 0.6 is 15.9 Å². The number of nitrogens with zero attached hydrogens (tertiary/aromatic N) is 1. The largest absolute Gasteiger partial charge is 0.444 e. The summed E-state index contributed by atoms with van der Waals surface area (Å²) >= 11 is 3.60. The lowest BCUT2D eigenvalue weighted by Crippen LogP contribution is -2.43. The van der Waals surface area contributed by atoms with Crippen molar-refractivity contribution in [2.24, 2.45) is 0 Å². The minimum atomic E-state index is -0.472. The standard InChI is InChI=1S/C16H19BrN2O2/c1-16(2,3)21-15(20)18-11-7-10-5-4-6-12-13(17)9-19(8-11)14(10)12/h4-6,9,11H,7-8H2,1-3H3,(H,18,20)/t11-/m0/s1. The molecule has 1 atom stereocenters. The fraction of sp³-hybridized carbons (Fsp3) is 0.438. The van der Waals surface area contributed by atoms with Gasteiger partial charge in [0.25, 0.3) is 0 Å². The Kier molecular flexibility index (Phi) is 3.48. The lowest BCUT2D eigenvalue weighted by molar-refractivity contribution is 0.0498. The number of para-hydroxylation sites is 1. The Hall–Kier alpha value is -1.49. The molecule has 21 heavy (non-hydrogen) atoms. The van der Waals surface area contributed by atoms with Crippen LogP contribution in [0.25, 0.3) is 10.9 Å². The smallest absolute Gasteiger partial charge is 0.407 e. The zero-order chi connectivity index (χ0) is 15.2. The second-order valence-electron chi connectivity index (χ2n) is 6.49. The molecule has 0 aliphatic carbocycles. The Bertz CT molecular complexity index is 700. The summed E-state index contributed by atoms with van der Waals surface area (Å²) in [5.74, 6) is 0. The molecule has 112 valence electrons. The Morgan fingerprint density at radius 3 is 2.90 bits per heavy atom. The monoisotopic (exact) mass is 350 g/mol. The van der Waals surface area contributed by atoms with Gasteiger partial charge in [0.2, 0.25) is 0 Å². The second-order valence-corrected chi connectivity index (χ2v) is 7.34. The number of alkyl carbamates (subject to hydrolysis) is 1. The maximum atomic E-state index is 11.9. The zero-order valence-corrected chi connectivity index (χ0v) is 14.0. The van der Waals surface area contributed by atoms with Crippen LogP contribution in [0, 0.1) is 0 Å². The van der Waals surface area contributed by atoms with Crippen LogP contribution in [-0.2, 0) is 17.7 Å². The van der Waals surface area contributed by atoms with Crippen LogP contribution in [0.3, 0.4) is 0 Å². The minimum Gasteiger partial charge on any atom is -0.444 e. The fourth-order valence-electron chi connectivity index (χ4n) is 2.84. The number of hydrogen-bond acceptors (Lipinski definition) is 2. The Morgan fingerprint density at radius 1 is 1.43 bits per heavy atom. The van der Waals surface area contributed by atoms with Crippen molar-refractivity contribution in [3.63, 3.8) is 0 Å². The van der Waals surface area contributed by atoms with E-state index in [0.29, 0.717) is 0 Å². The molecule has 2 heterocycles. The number of aromatic nitrogens is 1. The molecule has 0 saturated heterocycles. The summed E-state index contributed by atoms with van der Waals surface area (Å²) in [4.78, 5) is 11.9. The van der Waals surface area contributed by atoms with Gasteiger partial charge in [0, 0.05) is 22.6 Å². The maximum Gasteiger partial charge on any atom is 0.407 e. The highest BCUT2D eigenvalue weighted by atomic mass is 79.9. The number of carbonyl (C=O) groups excluding carboxylic acids is 1. The van der Waals surface area contributed by atoms with Gasteiger partial charge in [-0.05, 0) is 48.7 Å². The number of hydrogen-bond donors (Lipinski definition) is 1. The second kappa shape index (κ2) is 5.05. The highest BCUT2D eigenvalue weighted by Gasteiger charge is 2.25. The Labute approximate surface area is 132 Å². The number of rotatable bonds is 1. The highest BCUT2D eigenvalue weighted by Crippen LogP contribution is 2.32. The van der Waals surface area contributed by atoms with E-state index < -0.39 is 5.60 Å². The molecule has 1 aliphatic heterocycles. The summed E-state index contributed by atoms with van der Waals surface area (Å²) in [6.07, 6.45) is 2.55. The molecule has 1 amide bonds. The van der Waals surface area contributed by atoms with Gasteiger partial charge < -0.3 is 14.6 Å². The van der Waals surface area contributed by atoms with Crippen molar-refractivity contribution in [1.29, 1.82) is 0 Å². The Morgan fingerprint density at radius 2 is 2.19 bits per heavy atom. The molecule has 1 aromatic heterocycles. The van der Waals surface area contributed by atoms with Gasteiger partial charge in [0.15, 0.2) is 0 Å². The summed E-state index contributed by atoms with van der Waals surface area (Å²) in [5, 5.41) is 4.20. The lowest BCUT2D eigenvalue weighted by Gasteiger charge is -2.27. The molecule has 2 aromatic rings. The number of amides is 1. The van der Waals surface area contributed by atoms with Crippen molar-refractivity contribution in [1.82, 2.24) is 9.88 Å². The van der Waals surface area contributed by atoms with Gasteiger partial charge >= 0.3 is 6.09 Å². The number of benzene rings is 1. The van der Waals surface area contributed by atoms with E-state index in [4.69, 9.17) is 4.74 Å². The summed E-state index contributed by atoms with van der Waals surface area (Å²) in [6.45, 7) is 6.37. The van der Waals surface area contributed by atoms with Gasteiger partial charge in [-0.1, -0.05) is 18.2 Å². The van der Waals surface area contributed by atoms with Crippen LogP contribution in [0.5, 0.6) is 0 Å². The van der Waals surface area contributed by atoms with Crippen LogP contribution in [0.2, 0.25) is 0 Å². The zero-order valence-electron chi connectivity index (χ0n) is 12.4. The van der Waals surface area contributed by atoms with Crippen LogP contribution in [0.4, 0.5) is 4.79 Å². The lowest BCUT2D eigenvalue weighted by atomic mass is 10.0. The van der Waals surface area contributed by atoms with Crippen molar-refractivity contribution < 1.29 is 9.53 Å². The van der Waals surface area contributed by atoms with E-state index in [1.165, 1.54) is 16.5 Å². The van der Waals surface area contributed by atoms with Crippen LogP contribution in [-0.4, -0.2) is 22.3 Å². The van der Waals surface area contributed by atoms with Crippen molar-refractivity contribution in [2.75, 3.05) is 0 Å². The summed E-state index contributed by atoms with van der Waals surface area (Å²) in [7, 11) is 0. The predicted molar refractivity (Wildman–Crippen MR) is 86.5 cm³/mol. The Balaban J connectivity index is 1.80. The van der Waals surface area contributed by atoms with Crippen molar-refractivity contribution in [2.45, 2.75) is 45.4 Å². The first kappa shape index (κ1) is 14.4. The van der Waals surface area contributed by atoms with Gasteiger partial charge in [0.1, 0.15) is 5.60 Å². The quantitative estimate of drug-likeness (QED) is 0.848. The van der Waals surface area contributed by atoms with E-state index in [1.54, 1.807) is 0 Å². The first-order valence-electron chi connectivity index (χ1n) is 7.09. The average Bonchev–Trinajstić information content (AvgIpc) is 2.65. The maximum absolute atomic E-state index is 11.9.